The first-order valence-corrected chi connectivity index (χ1v) is 7.91. The molecule has 0 unspecified atom stereocenters. The number of fused-ring (bicyclic) bond motifs is 1. The first kappa shape index (κ1) is 16.0. The van der Waals surface area contributed by atoms with Crippen molar-refractivity contribution in [2.24, 2.45) is 0 Å². The van der Waals surface area contributed by atoms with Crippen LogP contribution in [0.25, 0.3) is 0 Å². The molecule has 2 aromatic rings. The number of ether oxygens (including phenoxy) is 2. The van der Waals surface area contributed by atoms with Gasteiger partial charge in [-0.3, -0.25) is 4.79 Å². The number of unbranched alkanes of at least 4 members (excludes halogenated alkanes) is 1. The van der Waals surface area contributed by atoms with Crippen molar-refractivity contribution in [2.45, 2.75) is 19.8 Å². The van der Waals surface area contributed by atoms with E-state index in [2.05, 4.69) is 22.2 Å². The quantitative estimate of drug-likeness (QED) is 0.878. The second kappa shape index (κ2) is 7.16. The summed E-state index contributed by atoms with van der Waals surface area (Å²) in [6.07, 6.45) is 3.58. The lowest BCUT2D eigenvalue weighted by molar-refractivity contribution is 0.102. The summed E-state index contributed by atoms with van der Waals surface area (Å²) in [5, 5.41) is 2.81. The molecule has 0 atom stereocenters. The summed E-state index contributed by atoms with van der Waals surface area (Å²) in [5.41, 5.74) is 0.949. The number of benzene rings is 1. The molecule has 1 N–H and O–H groups in total. The van der Waals surface area contributed by atoms with Crippen molar-refractivity contribution >= 4 is 17.4 Å². The van der Waals surface area contributed by atoms with E-state index in [9.17, 15) is 4.79 Å². The van der Waals surface area contributed by atoms with Crippen LogP contribution in [0.3, 0.4) is 0 Å². The molecular weight excluding hydrogens is 308 g/mol. The molecule has 3 rings (SSSR count). The van der Waals surface area contributed by atoms with Crippen molar-refractivity contribution < 1.29 is 14.3 Å². The van der Waals surface area contributed by atoms with Crippen LogP contribution in [0.4, 0.5) is 11.5 Å². The normalized spacial score (nSPS) is 12.1. The molecule has 1 aliphatic rings. The van der Waals surface area contributed by atoms with E-state index in [1.54, 1.807) is 24.3 Å². The number of carbonyl (C=O) groups excluding carboxylic acids is 1. The highest BCUT2D eigenvalue weighted by Gasteiger charge is 2.16. The van der Waals surface area contributed by atoms with E-state index in [-0.39, 0.29) is 12.7 Å². The number of rotatable bonds is 6. The molecule has 0 radical (unpaired) electrons. The van der Waals surface area contributed by atoms with Gasteiger partial charge in [-0.05, 0) is 18.6 Å². The molecule has 0 saturated heterocycles. The van der Waals surface area contributed by atoms with Gasteiger partial charge in [0.05, 0.1) is 0 Å². The third kappa shape index (κ3) is 3.56. The third-order valence-corrected chi connectivity index (χ3v) is 3.75. The van der Waals surface area contributed by atoms with E-state index in [1.807, 2.05) is 11.9 Å². The van der Waals surface area contributed by atoms with Gasteiger partial charge in [-0.15, -0.1) is 0 Å². The van der Waals surface area contributed by atoms with E-state index in [0.717, 1.165) is 25.2 Å². The average molecular weight is 328 g/mol. The Hall–Kier alpha value is -2.83. The SMILES string of the molecule is CCCCN(C)c1cc(C(=O)Nc2ccc3c(c2)OCO3)ncn1. The number of amides is 1. The van der Waals surface area contributed by atoms with Crippen molar-refractivity contribution in [1.29, 1.82) is 0 Å². The first-order chi connectivity index (χ1) is 11.7. The topological polar surface area (TPSA) is 76.6 Å². The van der Waals surface area contributed by atoms with Crippen LogP contribution >= 0.6 is 0 Å². The zero-order valence-electron chi connectivity index (χ0n) is 13.8. The Balaban J connectivity index is 1.71. The second-order valence-electron chi connectivity index (χ2n) is 5.56. The van der Waals surface area contributed by atoms with Crippen LogP contribution in [0, 0.1) is 0 Å². The zero-order chi connectivity index (χ0) is 16.9. The van der Waals surface area contributed by atoms with Gasteiger partial charge >= 0.3 is 0 Å². The van der Waals surface area contributed by atoms with E-state index in [0.29, 0.717) is 22.9 Å². The summed E-state index contributed by atoms with van der Waals surface area (Å²) < 4.78 is 10.6. The molecule has 0 bridgehead atoms. The van der Waals surface area contributed by atoms with Crippen molar-refractivity contribution in [1.82, 2.24) is 9.97 Å². The summed E-state index contributed by atoms with van der Waals surface area (Å²) in [7, 11) is 1.96. The zero-order valence-corrected chi connectivity index (χ0v) is 13.8. The number of anilines is 2. The molecular formula is C17H20N4O3. The van der Waals surface area contributed by atoms with Gasteiger partial charge in [0.1, 0.15) is 17.8 Å². The van der Waals surface area contributed by atoms with E-state index in [1.165, 1.54) is 6.33 Å². The Morgan fingerprint density at radius 1 is 1.25 bits per heavy atom. The minimum Gasteiger partial charge on any atom is -0.454 e. The van der Waals surface area contributed by atoms with Gasteiger partial charge in [-0.25, -0.2) is 9.97 Å². The first-order valence-electron chi connectivity index (χ1n) is 7.91. The number of nitrogens with zero attached hydrogens (tertiary/aromatic N) is 3. The molecule has 1 aromatic heterocycles. The van der Waals surface area contributed by atoms with E-state index >= 15 is 0 Å². The smallest absolute Gasteiger partial charge is 0.274 e. The molecule has 1 aliphatic heterocycles. The summed E-state index contributed by atoms with van der Waals surface area (Å²) in [5.74, 6) is 1.74. The van der Waals surface area contributed by atoms with Crippen LogP contribution in [0.2, 0.25) is 0 Å². The molecule has 7 heteroatoms. The molecule has 0 spiro atoms. The Morgan fingerprint density at radius 3 is 2.92 bits per heavy atom. The maximum Gasteiger partial charge on any atom is 0.274 e. The van der Waals surface area contributed by atoms with Gasteiger partial charge in [0.2, 0.25) is 6.79 Å². The van der Waals surface area contributed by atoms with Crippen molar-refractivity contribution in [3.8, 4) is 11.5 Å². The molecule has 0 fully saturated rings. The lowest BCUT2D eigenvalue weighted by Crippen LogP contribution is -2.21. The molecule has 1 aromatic carbocycles. The van der Waals surface area contributed by atoms with Crippen LogP contribution in [-0.2, 0) is 0 Å². The molecule has 126 valence electrons. The Bertz CT molecular complexity index is 736. The minimum atomic E-state index is -0.290. The highest BCUT2D eigenvalue weighted by molar-refractivity contribution is 6.03. The Kier molecular flexibility index (Phi) is 4.79. The van der Waals surface area contributed by atoms with Crippen LogP contribution in [0.15, 0.2) is 30.6 Å². The third-order valence-electron chi connectivity index (χ3n) is 3.75. The lowest BCUT2D eigenvalue weighted by Gasteiger charge is -2.17. The maximum atomic E-state index is 12.4. The van der Waals surface area contributed by atoms with E-state index in [4.69, 9.17) is 9.47 Å². The van der Waals surface area contributed by atoms with E-state index < -0.39 is 0 Å². The average Bonchev–Trinajstić information content (AvgIpc) is 3.07. The molecule has 0 saturated carbocycles. The predicted molar refractivity (Wildman–Crippen MR) is 90.7 cm³/mol. The van der Waals surface area contributed by atoms with Gasteiger partial charge in [0.15, 0.2) is 11.5 Å². The van der Waals surface area contributed by atoms with Gasteiger partial charge in [-0.2, -0.15) is 0 Å². The fourth-order valence-corrected chi connectivity index (χ4v) is 2.36. The molecule has 0 aliphatic carbocycles. The molecule has 2 heterocycles. The largest absolute Gasteiger partial charge is 0.454 e. The second-order valence-corrected chi connectivity index (χ2v) is 5.56. The van der Waals surface area contributed by atoms with Crippen LogP contribution in [0.5, 0.6) is 11.5 Å². The standard InChI is InChI=1S/C17H20N4O3/c1-3-4-7-21(2)16-9-13(18-10-19-16)17(22)20-12-5-6-14-15(8-12)24-11-23-14/h5-6,8-10H,3-4,7,11H2,1-2H3,(H,20,22). The number of nitrogens with one attached hydrogen (secondary N) is 1. The minimum absolute atomic E-state index is 0.200. The number of carbonyl (C=O) groups is 1. The van der Waals surface area contributed by atoms with Crippen LogP contribution in [-0.4, -0.2) is 36.3 Å². The maximum absolute atomic E-state index is 12.4. The van der Waals surface area contributed by atoms with Gasteiger partial charge in [0.25, 0.3) is 5.91 Å². The summed E-state index contributed by atoms with van der Waals surface area (Å²) in [6.45, 7) is 3.22. The predicted octanol–water partition coefficient (Wildman–Crippen LogP) is 2.69. The lowest BCUT2D eigenvalue weighted by atomic mass is 10.2. The van der Waals surface area contributed by atoms with Crippen molar-refractivity contribution in [3.63, 3.8) is 0 Å². The number of hydrogen-bond acceptors (Lipinski definition) is 6. The van der Waals surface area contributed by atoms with Crippen molar-refractivity contribution in [3.05, 3.63) is 36.3 Å². The summed E-state index contributed by atoms with van der Waals surface area (Å²) in [4.78, 5) is 22.7. The van der Waals surface area contributed by atoms with Gasteiger partial charge in [0, 0.05) is 31.4 Å². The fourth-order valence-electron chi connectivity index (χ4n) is 2.36. The summed E-state index contributed by atoms with van der Waals surface area (Å²) in [6, 6.07) is 6.95. The Morgan fingerprint density at radius 2 is 2.08 bits per heavy atom. The number of aromatic nitrogens is 2. The van der Waals surface area contributed by atoms with Gasteiger partial charge in [-0.1, -0.05) is 13.3 Å². The fraction of sp³-hybridized carbons (Fsp3) is 0.353. The Labute approximate surface area is 140 Å². The highest BCUT2D eigenvalue weighted by atomic mass is 16.7. The molecule has 7 nitrogen and oxygen atoms in total. The summed E-state index contributed by atoms with van der Waals surface area (Å²) >= 11 is 0. The molecule has 24 heavy (non-hydrogen) atoms. The monoisotopic (exact) mass is 328 g/mol. The highest BCUT2D eigenvalue weighted by Crippen LogP contribution is 2.34. The molecule has 1 amide bonds. The van der Waals surface area contributed by atoms with Gasteiger partial charge < -0.3 is 19.7 Å². The number of hydrogen-bond donors (Lipinski definition) is 1. The van der Waals surface area contributed by atoms with Crippen LogP contribution in [0.1, 0.15) is 30.3 Å². The van der Waals surface area contributed by atoms with Crippen molar-refractivity contribution in [2.75, 3.05) is 30.6 Å². The van der Waals surface area contributed by atoms with Crippen LogP contribution < -0.4 is 19.7 Å².